The van der Waals surface area contributed by atoms with Crippen LogP contribution in [0.2, 0.25) is 10.0 Å². The third-order valence-electron chi connectivity index (χ3n) is 3.82. The molecule has 0 aliphatic carbocycles. The zero-order chi connectivity index (χ0) is 20.8. The average Bonchev–Trinajstić information content (AvgIpc) is 2.95. The molecular formula is C21H15Cl2NO4S. The molecule has 2 amide bonds. The molecule has 5 nitrogen and oxygen atoms in total. The van der Waals surface area contributed by atoms with E-state index in [9.17, 15) is 9.59 Å². The number of hydrogen-bond donors (Lipinski definition) is 0. The van der Waals surface area contributed by atoms with Gasteiger partial charge < -0.3 is 9.47 Å². The number of halogens is 2. The number of carbonyl (C=O) groups is 2. The maximum absolute atomic E-state index is 12.6. The molecule has 0 N–H and O–H groups in total. The topological polar surface area (TPSA) is 55.8 Å². The van der Waals surface area contributed by atoms with Gasteiger partial charge in [-0.15, -0.1) is 6.42 Å². The molecule has 3 rings (SSSR count). The van der Waals surface area contributed by atoms with Crippen molar-refractivity contribution in [3.8, 4) is 23.8 Å². The quantitative estimate of drug-likeness (QED) is 0.435. The maximum atomic E-state index is 12.6. The summed E-state index contributed by atoms with van der Waals surface area (Å²) in [7, 11) is 0. The highest BCUT2D eigenvalue weighted by Gasteiger charge is 2.34. The van der Waals surface area contributed by atoms with E-state index in [1.807, 2.05) is 18.2 Å². The van der Waals surface area contributed by atoms with Gasteiger partial charge in [0, 0.05) is 0 Å². The highest BCUT2D eigenvalue weighted by atomic mass is 35.5. The molecule has 0 atom stereocenters. The molecule has 2 aromatic rings. The average molecular weight is 448 g/mol. The van der Waals surface area contributed by atoms with Gasteiger partial charge >= 0.3 is 0 Å². The van der Waals surface area contributed by atoms with Gasteiger partial charge in [-0.2, -0.15) is 0 Å². The number of amides is 2. The lowest BCUT2D eigenvalue weighted by molar-refractivity contribution is -0.123. The van der Waals surface area contributed by atoms with Gasteiger partial charge in [-0.1, -0.05) is 47.3 Å². The number of hydrogen-bond acceptors (Lipinski definition) is 5. The Balaban J connectivity index is 1.68. The Kier molecular flexibility index (Phi) is 7.10. The third kappa shape index (κ3) is 5.27. The largest absolute Gasteiger partial charge is 0.492 e. The van der Waals surface area contributed by atoms with Gasteiger partial charge in [0.2, 0.25) is 0 Å². The number of nitrogens with zero attached hydrogens (tertiary/aromatic N) is 1. The molecule has 0 radical (unpaired) electrons. The number of ether oxygens (including phenoxy) is 2. The van der Waals surface area contributed by atoms with Crippen LogP contribution in [0.5, 0.6) is 11.5 Å². The van der Waals surface area contributed by atoms with Crippen molar-refractivity contribution >= 4 is 52.2 Å². The number of benzene rings is 2. The predicted octanol–water partition coefficient (Wildman–Crippen LogP) is 5.12. The first-order valence-corrected chi connectivity index (χ1v) is 10.1. The van der Waals surface area contributed by atoms with Crippen molar-refractivity contribution in [1.82, 2.24) is 4.90 Å². The van der Waals surface area contributed by atoms with Crippen LogP contribution in [0.1, 0.15) is 5.56 Å². The van der Waals surface area contributed by atoms with E-state index < -0.39 is 5.91 Å². The fraction of sp³-hybridized carbons (Fsp3) is 0.143. The molecule has 0 bridgehead atoms. The number of imide groups is 1. The molecule has 0 spiro atoms. The third-order valence-corrected chi connectivity index (χ3v) is 5.29. The van der Waals surface area contributed by atoms with Gasteiger partial charge in [0.1, 0.15) is 19.0 Å². The van der Waals surface area contributed by atoms with Crippen molar-refractivity contribution in [2.24, 2.45) is 0 Å². The fourth-order valence-corrected chi connectivity index (χ4v) is 4.01. The summed E-state index contributed by atoms with van der Waals surface area (Å²) in [5.74, 6) is 2.89. The van der Waals surface area contributed by atoms with E-state index >= 15 is 0 Å². The Labute approximate surface area is 182 Å². The zero-order valence-electron chi connectivity index (χ0n) is 15.1. The van der Waals surface area contributed by atoms with Crippen LogP contribution in [0.3, 0.4) is 0 Å². The van der Waals surface area contributed by atoms with Crippen LogP contribution in [-0.4, -0.2) is 35.8 Å². The van der Waals surface area contributed by atoms with Crippen LogP contribution in [0.25, 0.3) is 6.08 Å². The number of thioether (sulfide) groups is 1. The Hall–Kier alpha value is -2.59. The summed E-state index contributed by atoms with van der Waals surface area (Å²) >= 11 is 13.2. The van der Waals surface area contributed by atoms with Crippen LogP contribution in [0.4, 0.5) is 4.79 Å². The number of para-hydroxylation sites is 1. The summed E-state index contributed by atoms with van der Waals surface area (Å²) in [5.41, 5.74) is 0.569. The predicted molar refractivity (Wildman–Crippen MR) is 115 cm³/mol. The second-order valence-electron chi connectivity index (χ2n) is 5.80. The van der Waals surface area contributed by atoms with E-state index in [0.29, 0.717) is 11.3 Å². The van der Waals surface area contributed by atoms with Crippen molar-refractivity contribution in [2.75, 3.05) is 19.8 Å². The Morgan fingerprint density at radius 2 is 1.79 bits per heavy atom. The molecule has 2 aromatic carbocycles. The van der Waals surface area contributed by atoms with Crippen LogP contribution in [-0.2, 0) is 4.79 Å². The van der Waals surface area contributed by atoms with Gasteiger partial charge in [0.05, 0.1) is 21.5 Å². The SMILES string of the molecule is C#CCOc1c(Cl)cc(/C=C2\SC(=O)N(CCOc3ccccc3)C2=O)cc1Cl. The summed E-state index contributed by atoms with van der Waals surface area (Å²) in [6, 6.07) is 12.4. The lowest BCUT2D eigenvalue weighted by Crippen LogP contribution is -2.32. The zero-order valence-corrected chi connectivity index (χ0v) is 17.4. The highest BCUT2D eigenvalue weighted by Crippen LogP contribution is 2.37. The van der Waals surface area contributed by atoms with Crippen molar-refractivity contribution < 1.29 is 19.1 Å². The molecule has 148 valence electrons. The first-order chi connectivity index (χ1) is 14.0. The molecule has 8 heteroatoms. The summed E-state index contributed by atoms with van der Waals surface area (Å²) in [6.07, 6.45) is 6.73. The van der Waals surface area contributed by atoms with Crippen molar-refractivity contribution in [3.05, 3.63) is 63.0 Å². The van der Waals surface area contributed by atoms with Gasteiger partial charge in [-0.25, -0.2) is 0 Å². The van der Waals surface area contributed by atoms with Crippen LogP contribution < -0.4 is 9.47 Å². The second-order valence-corrected chi connectivity index (χ2v) is 7.61. The molecular weight excluding hydrogens is 433 g/mol. The Morgan fingerprint density at radius 3 is 2.45 bits per heavy atom. The van der Waals surface area contributed by atoms with E-state index in [4.69, 9.17) is 39.1 Å². The standard InChI is InChI=1S/C21H15Cl2NO4S/c1-2-9-28-19-16(22)11-14(12-17(19)23)13-18-20(25)24(21(26)29-18)8-10-27-15-6-4-3-5-7-15/h1,3-7,11-13H,8-10H2/b18-13-. The summed E-state index contributed by atoms with van der Waals surface area (Å²) in [6.45, 7) is 0.383. The minimum Gasteiger partial charge on any atom is -0.492 e. The lowest BCUT2D eigenvalue weighted by Gasteiger charge is -2.13. The second kappa shape index (κ2) is 9.75. The number of rotatable bonds is 7. The monoisotopic (exact) mass is 447 g/mol. The minimum atomic E-state index is -0.392. The molecule has 0 aromatic heterocycles. The summed E-state index contributed by atoms with van der Waals surface area (Å²) < 4.78 is 10.9. The van der Waals surface area contributed by atoms with E-state index in [1.165, 1.54) is 0 Å². The van der Waals surface area contributed by atoms with E-state index in [0.717, 1.165) is 16.7 Å². The van der Waals surface area contributed by atoms with Gasteiger partial charge in [0.25, 0.3) is 11.1 Å². The molecule has 1 fully saturated rings. The molecule has 1 saturated heterocycles. The van der Waals surface area contributed by atoms with Crippen molar-refractivity contribution in [3.63, 3.8) is 0 Å². The Bertz CT molecular complexity index is 978. The van der Waals surface area contributed by atoms with Gasteiger partial charge in [-0.3, -0.25) is 14.5 Å². The van der Waals surface area contributed by atoms with Gasteiger partial charge in [-0.05, 0) is 47.7 Å². The molecule has 29 heavy (non-hydrogen) atoms. The van der Waals surface area contributed by atoms with E-state index in [-0.39, 0.29) is 45.7 Å². The van der Waals surface area contributed by atoms with Crippen LogP contribution in [0.15, 0.2) is 47.4 Å². The fourth-order valence-electron chi connectivity index (χ4n) is 2.53. The molecule has 0 saturated carbocycles. The number of carbonyl (C=O) groups excluding carboxylic acids is 2. The van der Waals surface area contributed by atoms with E-state index in [2.05, 4.69) is 5.92 Å². The smallest absolute Gasteiger partial charge is 0.293 e. The highest BCUT2D eigenvalue weighted by molar-refractivity contribution is 8.18. The maximum Gasteiger partial charge on any atom is 0.293 e. The molecule has 1 aliphatic heterocycles. The van der Waals surface area contributed by atoms with E-state index in [1.54, 1.807) is 30.3 Å². The Morgan fingerprint density at radius 1 is 1.10 bits per heavy atom. The molecule has 1 aliphatic rings. The lowest BCUT2D eigenvalue weighted by atomic mass is 10.2. The first-order valence-electron chi connectivity index (χ1n) is 8.48. The summed E-state index contributed by atoms with van der Waals surface area (Å²) in [4.78, 5) is 26.2. The first kappa shape index (κ1) is 21.1. The van der Waals surface area contributed by atoms with Crippen LogP contribution >= 0.6 is 35.0 Å². The van der Waals surface area contributed by atoms with Crippen molar-refractivity contribution in [2.45, 2.75) is 0 Å². The number of terminal acetylenes is 1. The molecule has 1 heterocycles. The van der Waals surface area contributed by atoms with Crippen molar-refractivity contribution in [1.29, 1.82) is 0 Å². The molecule has 0 unspecified atom stereocenters. The van der Waals surface area contributed by atoms with Crippen LogP contribution in [0, 0.1) is 12.3 Å². The summed E-state index contributed by atoms with van der Waals surface area (Å²) in [5, 5.41) is 0.160. The normalized spacial score (nSPS) is 14.9. The minimum absolute atomic E-state index is 0.0305. The van der Waals surface area contributed by atoms with Gasteiger partial charge in [0.15, 0.2) is 5.75 Å².